The lowest BCUT2D eigenvalue weighted by molar-refractivity contribution is -0.385. The maximum absolute atomic E-state index is 13.4. The number of halogens is 1. The molecule has 1 heterocycles. The Kier molecular flexibility index (Phi) is 3.51. The summed E-state index contributed by atoms with van der Waals surface area (Å²) in [6, 6.07) is 5.56. The minimum Gasteiger partial charge on any atom is -0.430 e. The molecule has 0 radical (unpaired) electrons. The molecule has 7 nitrogen and oxygen atoms in total. The highest BCUT2D eigenvalue weighted by atomic mass is 19.1. The molecule has 0 bridgehead atoms. The molecule has 98 valence electrons. The summed E-state index contributed by atoms with van der Waals surface area (Å²) in [5, 5.41) is 13.5. The van der Waals surface area contributed by atoms with E-state index in [1.165, 1.54) is 25.2 Å². The van der Waals surface area contributed by atoms with E-state index in [-0.39, 0.29) is 17.4 Å². The average Bonchev–Trinajstić information content (AvgIpc) is 2.40. The van der Waals surface area contributed by atoms with Crippen LogP contribution in [0.3, 0.4) is 0 Å². The van der Waals surface area contributed by atoms with Crippen molar-refractivity contribution in [3.8, 4) is 11.6 Å². The second-order valence-electron chi connectivity index (χ2n) is 3.42. The Labute approximate surface area is 107 Å². The fourth-order valence-electron chi connectivity index (χ4n) is 1.42. The second-order valence-corrected chi connectivity index (χ2v) is 3.42. The van der Waals surface area contributed by atoms with Crippen molar-refractivity contribution in [1.82, 2.24) is 9.97 Å². The number of nitro groups is 1. The third kappa shape index (κ3) is 2.57. The molecule has 0 aliphatic carbocycles. The molecule has 0 amide bonds. The molecule has 0 unspecified atom stereocenters. The van der Waals surface area contributed by atoms with E-state index in [4.69, 9.17) is 4.74 Å². The first-order valence-electron chi connectivity index (χ1n) is 5.23. The Morgan fingerprint density at radius 3 is 2.74 bits per heavy atom. The van der Waals surface area contributed by atoms with Crippen LogP contribution in [0, 0.1) is 15.9 Å². The highest BCUT2D eigenvalue weighted by Crippen LogP contribution is 2.34. The summed E-state index contributed by atoms with van der Waals surface area (Å²) in [5.74, 6) is -1.12. The van der Waals surface area contributed by atoms with Gasteiger partial charge in [-0.2, -0.15) is 4.98 Å². The Bertz CT molecular complexity index is 621. The van der Waals surface area contributed by atoms with Gasteiger partial charge in [0.15, 0.2) is 11.6 Å². The summed E-state index contributed by atoms with van der Waals surface area (Å²) in [7, 11) is 1.47. The number of para-hydroxylation sites is 1. The zero-order valence-electron chi connectivity index (χ0n) is 9.83. The smallest absolute Gasteiger partial charge is 0.373 e. The lowest BCUT2D eigenvalue weighted by Crippen LogP contribution is -2.03. The number of hydrogen-bond acceptors (Lipinski definition) is 6. The van der Waals surface area contributed by atoms with Crippen LogP contribution in [0.25, 0.3) is 0 Å². The normalized spacial score (nSPS) is 10.0. The summed E-state index contributed by atoms with van der Waals surface area (Å²) < 4.78 is 18.6. The molecular formula is C11H9FN4O3. The molecule has 0 aliphatic rings. The van der Waals surface area contributed by atoms with Gasteiger partial charge in [-0.05, 0) is 12.1 Å². The first kappa shape index (κ1) is 12.7. The van der Waals surface area contributed by atoms with Gasteiger partial charge < -0.3 is 10.1 Å². The summed E-state index contributed by atoms with van der Waals surface area (Å²) in [6.07, 6.45) is 1.09. The number of anilines is 1. The first-order chi connectivity index (χ1) is 9.13. The number of nitrogens with zero attached hydrogens (tertiary/aromatic N) is 3. The molecule has 0 saturated carbocycles. The monoisotopic (exact) mass is 264 g/mol. The van der Waals surface area contributed by atoms with E-state index in [0.717, 1.165) is 6.33 Å². The lowest BCUT2D eigenvalue weighted by atomic mass is 10.3. The lowest BCUT2D eigenvalue weighted by Gasteiger charge is -2.07. The van der Waals surface area contributed by atoms with E-state index in [2.05, 4.69) is 15.3 Å². The molecule has 0 fully saturated rings. The van der Waals surface area contributed by atoms with Crippen molar-refractivity contribution in [3.63, 3.8) is 0 Å². The van der Waals surface area contributed by atoms with E-state index < -0.39 is 16.4 Å². The fraction of sp³-hybridized carbons (Fsp3) is 0.0909. The molecule has 1 N–H and O–H groups in total. The predicted octanol–water partition coefficient (Wildman–Crippen LogP) is 2.36. The highest BCUT2D eigenvalue weighted by molar-refractivity contribution is 5.61. The van der Waals surface area contributed by atoms with Crippen LogP contribution >= 0.6 is 0 Å². The summed E-state index contributed by atoms with van der Waals surface area (Å²) in [5.41, 5.74) is -0.451. The van der Waals surface area contributed by atoms with Crippen LogP contribution in [0.5, 0.6) is 11.6 Å². The van der Waals surface area contributed by atoms with Crippen LogP contribution in [0.4, 0.5) is 15.9 Å². The minimum atomic E-state index is -0.692. The number of benzene rings is 1. The summed E-state index contributed by atoms with van der Waals surface area (Å²) in [4.78, 5) is 17.7. The Morgan fingerprint density at radius 1 is 1.37 bits per heavy atom. The summed E-state index contributed by atoms with van der Waals surface area (Å²) in [6.45, 7) is 0. The molecule has 8 heteroatoms. The van der Waals surface area contributed by atoms with E-state index >= 15 is 0 Å². The molecule has 0 atom stereocenters. The largest absolute Gasteiger partial charge is 0.430 e. The Hall–Kier alpha value is -2.77. The Morgan fingerprint density at radius 2 is 2.11 bits per heavy atom. The van der Waals surface area contributed by atoms with Crippen LogP contribution in [0.2, 0.25) is 0 Å². The van der Waals surface area contributed by atoms with Crippen molar-refractivity contribution >= 4 is 11.5 Å². The zero-order valence-corrected chi connectivity index (χ0v) is 9.83. The standard InChI is InChI=1S/C11H9FN4O3/c1-13-10-9(16(17)18)11(15-6-14-10)19-8-5-3-2-4-7(8)12/h2-6H,1H3,(H,13,14,15). The van der Waals surface area contributed by atoms with Crippen molar-refractivity contribution in [1.29, 1.82) is 0 Å². The van der Waals surface area contributed by atoms with Gasteiger partial charge in [-0.1, -0.05) is 12.1 Å². The molecular weight excluding hydrogens is 255 g/mol. The quantitative estimate of drug-likeness (QED) is 0.673. The predicted molar refractivity (Wildman–Crippen MR) is 64.7 cm³/mol. The average molecular weight is 264 g/mol. The van der Waals surface area contributed by atoms with Crippen molar-refractivity contribution in [2.45, 2.75) is 0 Å². The van der Waals surface area contributed by atoms with E-state index in [1.54, 1.807) is 6.07 Å². The van der Waals surface area contributed by atoms with Gasteiger partial charge in [-0.25, -0.2) is 9.37 Å². The van der Waals surface area contributed by atoms with Crippen LogP contribution in [0.15, 0.2) is 30.6 Å². The molecule has 1 aromatic carbocycles. The van der Waals surface area contributed by atoms with Gasteiger partial charge in [0.05, 0.1) is 4.92 Å². The number of nitrogens with one attached hydrogen (secondary N) is 1. The van der Waals surface area contributed by atoms with Gasteiger partial charge in [0, 0.05) is 7.05 Å². The van der Waals surface area contributed by atoms with Gasteiger partial charge in [0.1, 0.15) is 6.33 Å². The van der Waals surface area contributed by atoms with Gasteiger partial charge in [-0.3, -0.25) is 10.1 Å². The topological polar surface area (TPSA) is 90.2 Å². The third-order valence-electron chi connectivity index (χ3n) is 2.25. The molecule has 1 aromatic heterocycles. The van der Waals surface area contributed by atoms with Gasteiger partial charge >= 0.3 is 11.6 Å². The van der Waals surface area contributed by atoms with Crippen LogP contribution in [-0.2, 0) is 0 Å². The van der Waals surface area contributed by atoms with Crippen molar-refractivity contribution in [3.05, 3.63) is 46.5 Å². The number of ether oxygens (including phenoxy) is 1. The van der Waals surface area contributed by atoms with Crippen LogP contribution in [0.1, 0.15) is 0 Å². The fourth-order valence-corrected chi connectivity index (χ4v) is 1.42. The van der Waals surface area contributed by atoms with Crippen LogP contribution < -0.4 is 10.1 Å². The van der Waals surface area contributed by atoms with E-state index in [9.17, 15) is 14.5 Å². The van der Waals surface area contributed by atoms with Gasteiger partial charge in [-0.15, -0.1) is 0 Å². The van der Waals surface area contributed by atoms with Crippen LogP contribution in [-0.4, -0.2) is 21.9 Å². The Balaban J connectivity index is 2.46. The molecule has 0 spiro atoms. The van der Waals surface area contributed by atoms with E-state index in [0.29, 0.717) is 0 Å². The summed E-state index contributed by atoms with van der Waals surface area (Å²) >= 11 is 0. The van der Waals surface area contributed by atoms with Crippen molar-refractivity contribution in [2.24, 2.45) is 0 Å². The first-order valence-corrected chi connectivity index (χ1v) is 5.23. The molecule has 19 heavy (non-hydrogen) atoms. The van der Waals surface area contributed by atoms with E-state index in [1.807, 2.05) is 0 Å². The maximum Gasteiger partial charge on any atom is 0.373 e. The van der Waals surface area contributed by atoms with Crippen molar-refractivity contribution in [2.75, 3.05) is 12.4 Å². The number of hydrogen-bond donors (Lipinski definition) is 1. The van der Waals surface area contributed by atoms with Gasteiger partial charge in [0.2, 0.25) is 5.82 Å². The number of rotatable bonds is 4. The highest BCUT2D eigenvalue weighted by Gasteiger charge is 2.24. The molecule has 0 saturated heterocycles. The SMILES string of the molecule is CNc1ncnc(Oc2ccccc2F)c1[N+](=O)[O-]. The minimum absolute atomic E-state index is 0.00802. The molecule has 2 rings (SSSR count). The van der Waals surface area contributed by atoms with Crippen molar-refractivity contribution < 1.29 is 14.1 Å². The van der Waals surface area contributed by atoms with Gasteiger partial charge in [0.25, 0.3) is 0 Å². The molecule has 0 aliphatic heterocycles. The second kappa shape index (κ2) is 5.25. The molecule has 2 aromatic rings. The zero-order chi connectivity index (χ0) is 13.8. The maximum atomic E-state index is 13.4. The number of aromatic nitrogens is 2. The third-order valence-corrected chi connectivity index (χ3v) is 2.25.